The fraction of sp³-hybridized carbons (Fsp3) is 0.385. The van der Waals surface area contributed by atoms with Gasteiger partial charge in [0.25, 0.3) is 5.91 Å². The van der Waals surface area contributed by atoms with Crippen LogP contribution in [-0.2, 0) is 11.3 Å². The normalized spacial score (nSPS) is 27.0. The minimum Gasteiger partial charge on any atom is -0.322 e. The summed E-state index contributed by atoms with van der Waals surface area (Å²) >= 11 is 1.72. The Morgan fingerprint density at radius 3 is 2.72 bits per heavy atom. The van der Waals surface area contributed by atoms with Crippen molar-refractivity contribution in [2.75, 3.05) is 11.5 Å². The van der Waals surface area contributed by atoms with E-state index in [9.17, 15) is 9.59 Å². The van der Waals surface area contributed by atoms with Crippen molar-refractivity contribution in [2.45, 2.75) is 18.5 Å². The van der Waals surface area contributed by atoms with Crippen molar-refractivity contribution in [2.24, 2.45) is 0 Å². The Morgan fingerprint density at radius 2 is 2.06 bits per heavy atom. The maximum atomic E-state index is 12.4. The number of thioether (sulfide) groups is 1. The second kappa shape index (κ2) is 4.31. The van der Waals surface area contributed by atoms with Gasteiger partial charge in [-0.2, -0.15) is 11.8 Å². The Hall–Kier alpha value is -1.49. The van der Waals surface area contributed by atoms with Gasteiger partial charge in [-0.15, -0.1) is 0 Å². The van der Waals surface area contributed by atoms with E-state index in [4.69, 9.17) is 0 Å². The third-order valence-electron chi connectivity index (χ3n) is 3.45. The largest absolute Gasteiger partial charge is 0.325 e. The summed E-state index contributed by atoms with van der Waals surface area (Å²) in [5.41, 5.74) is 0.347. The number of amides is 3. The van der Waals surface area contributed by atoms with Crippen LogP contribution in [0.5, 0.6) is 0 Å². The van der Waals surface area contributed by atoms with Crippen LogP contribution in [0.4, 0.5) is 4.79 Å². The zero-order chi connectivity index (χ0) is 12.6. The van der Waals surface area contributed by atoms with Gasteiger partial charge in [-0.3, -0.25) is 9.69 Å². The Labute approximate surface area is 110 Å². The fourth-order valence-corrected chi connectivity index (χ4v) is 3.74. The molecule has 94 valence electrons. The van der Waals surface area contributed by atoms with Gasteiger partial charge in [0.1, 0.15) is 5.54 Å². The summed E-state index contributed by atoms with van der Waals surface area (Å²) in [4.78, 5) is 25.6. The van der Waals surface area contributed by atoms with E-state index in [2.05, 4.69) is 5.32 Å². The molecule has 0 saturated carbocycles. The average molecular weight is 262 g/mol. The van der Waals surface area contributed by atoms with E-state index in [0.717, 1.165) is 17.7 Å². The molecule has 2 aliphatic rings. The molecular formula is C13H14N2O2S. The zero-order valence-electron chi connectivity index (χ0n) is 9.89. The van der Waals surface area contributed by atoms with E-state index < -0.39 is 5.54 Å². The number of carbonyl (C=O) groups is 2. The maximum Gasteiger partial charge on any atom is 0.325 e. The lowest BCUT2D eigenvalue weighted by Crippen LogP contribution is -2.46. The van der Waals surface area contributed by atoms with Gasteiger partial charge in [-0.05, 0) is 17.7 Å². The number of urea groups is 1. The van der Waals surface area contributed by atoms with Gasteiger partial charge in [-0.25, -0.2) is 4.79 Å². The number of hydrogen-bond donors (Lipinski definition) is 1. The van der Waals surface area contributed by atoms with Gasteiger partial charge >= 0.3 is 6.03 Å². The van der Waals surface area contributed by atoms with Crippen molar-refractivity contribution in [3.8, 4) is 0 Å². The smallest absolute Gasteiger partial charge is 0.322 e. The predicted octanol–water partition coefficient (Wildman–Crippen LogP) is 1.61. The minimum atomic E-state index is -0.628. The van der Waals surface area contributed by atoms with Crippen LogP contribution in [0.1, 0.15) is 12.0 Å². The first kappa shape index (κ1) is 11.6. The molecule has 0 bridgehead atoms. The SMILES string of the molecule is O=C1NC2(CCSC2)C(=O)N1Cc1ccccc1. The second-order valence-corrected chi connectivity index (χ2v) is 5.80. The number of nitrogens with one attached hydrogen (secondary N) is 1. The molecule has 5 heteroatoms. The van der Waals surface area contributed by atoms with Gasteiger partial charge in [0.05, 0.1) is 6.54 Å². The summed E-state index contributed by atoms with van der Waals surface area (Å²) in [6.07, 6.45) is 0.744. The van der Waals surface area contributed by atoms with Crippen LogP contribution in [0.3, 0.4) is 0 Å². The highest BCUT2D eigenvalue weighted by molar-refractivity contribution is 7.99. The molecule has 2 aliphatic heterocycles. The molecule has 1 atom stereocenters. The van der Waals surface area contributed by atoms with Crippen molar-refractivity contribution in [3.05, 3.63) is 35.9 Å². The predicted molar refractivity (Wildman–Crippen MR) is 70.2 cm³/mol. The van der Waals surface area contributed by atoms with E-state index in [1.807, 2.05) is 30.3 Å². The number of imide groups is 1. The molecule has 1 aromatic rings. The van der Waals surface area contributed by atoms with Crippen LogP contribution in [-0.4, -0.2) is 33.9 Å². The molecule has 4 nitrogen and oxygen atoms in total. The molecule has 1 spiro atoms. The van der Waals surface area contributed by atoms with Crippen LogP contribution >= 0.6 is 11.8 Å². The van der Waals surface area contributed by atoms with E-state index in [1.165, 1.54) is 4.90 Å². The van der Waals surface area contributed by atoms with Gasteiger partial charge in [0.15, 0.2) is 0 Å². The van der Waals surface area contributed by atoms with E-state index in [0.29, 0.717) is 12.3 Å². The van der Waals surface area contributed by atoms with E-state index in [1.54, 1.807) is 11.8 Å². The van der Waals surface area contributed by atoms with Crippen molar-refractivity contribution in [1.29, 1.82) is 0 Å². The highest BCUT2D eigenvalue weighted by Gasteiger charge is 2.52. The monoisotopic (exact) mass is 262 g/mol. The van der Waals surface area contributed by atoms with E-state index in [-0.39, 0.29) is 11.9 Å². The van der Waals surface area contributed by atoms with Crippen LogP contribution in [0.2, 0.25) is 0 Å². The van der Waals surface area contributed by atoms with Crippen molar-refractivity contribution >= 4 is 23.7 Å². The third-order valence-corrected chi connectivity index (χ3v) is 4.64. The molecule has 1 N–H and O–H groups in total. The summed E-state index contributed by atoms with van der Waals surface area (Å²) in [6.45, 7) is 0.359. The first-order chi connectivity index (χ1) is 8.71. The van der Waals surface area contributed by atoms with Crippen molar-refractivity contribution in [3.63, 3.8) is 0 Å². The maximum absolute atomic E-state index is 12.4. The van der Waals surface area contributed by atoms with Crippen LogP contribution < -0.4 is 5.32 Å². The quantitative estimate of drug-likeness (QED) is 0.824. The Balaban J connectivity index is 1.81. The lowest BCUT2D eigenvalue weighted by atomic mass is 9.99. The lowest BCUT2D eigenvalue weighted by Gasteiger charge is -2.19. The highest BCUT2D eigenvalue weighted by Crippen LogP contribution is 2.33. The van der Waals surface area contributed by atoms with Crippen LogP contribution in [0.25, 0.3) is 0 Å². The summed E-state index contributed by atoms with van der Waals surface area (Å²) in [5.74, 6) is 1.56. The van der Waals surface area contributed by atoms with Gasteiger partial charge in [0.2, 0.25) is 0 Å². The standard InChI is InChI=1S/C13H14N2O2S/c16-11-13(6-7-18-9-13)14-12(17)15(11)8-10-4-2-1-3-5-10/h1-5H,6-9H2,(H,14,17). The number of nitrogens with zero attached hydrogens (tertiary/aromatic N) is 1. The number of carbonyl (C=O) groups excluding carboxylic acids is 2. The zero-order valence-corrected chi connectivity index (χ0v) is 10.7. The van der Waals surface area contributed by atoms with Crippen molar-refractivity contribution in [1.82, 2.24) is 10.2 Å². The molecule has 1 unspecified atom stereocenters. The summed E-state index contributed by atoms with van der Waals surface area (Å²) in [5, 5.41) is 2.87. The summed E-state index contributed by atoms with van der Waals surface area (Å²) in [7, 11) is 0. The summed E-state index contributed by atoms with van der Waals surface area (Å²) in [6, 6.07) is 9.34. The average Bonchev–Trinajstić information content (AvgIpc) is 2.93. The Bertz CT molecular complexity index is 483. The molecular weight excluding hydrogens is 248 g/mol. The molecule has 3 rings (SSSR count). The molecule has 2 fully saturated rings. The number of hydrogen-bond acceptors (Lipinski definition) is 3. The van der Waals surface area contributed by atoms with E-state index >= 15 is 0 Å². The molecule has 1 aromatic carbocycles. The van der Waals surface area contributed by atoms with Crippen molar-refractivity contribution < 1.29 is 9.59 Å². The molecule has 2 saturated heterocycles. The fourth-order valence-electron chi connectivity index (χ4n) is 2.42. The Kier molecular flexibility index (Phi) is 2.78. The van der Waals surface area contributed by atoms with Crippen LogP contribution in [0, 0.1) is 0 Å². The summed E-state index contributed by atoms with van der Waals surface area (Å²) < 4.78 is 0. The van der Waals surface area contributed by atoms with Gasteiger partial charge in [0, 0.05) is 5.75 Å². The molecule has 3 amide bonds. The number of benzene rings is 1. The van der Waals surface area contributed by atoms with Gasteiger partial charge in [-0.1, -0.05) is 30.3 Å². The lowest BCUT2D eigenvalue weighted by molar-refractivity contribution is -0.130. The van der Waals surface area contributed by atoms with Gasteiger partial charge < -0.3 is 5.32 Å². The number of rotatable bonds is 2. The molecule has 0 aliphatic carbocycles. The molecule has 0 aromatic heterocycles. The topological polar surface area (TPSA) is 49.4 Å². The van der Waals surface area contributed by atoms with Crippen LogP contribution in [0.15, 0.2) is 30.3 Å². The molecule has 0 radical (unpaired) electrons. The Morgan fingerprint density at radius 1 is 1.28 bits per heavy atom. The first-order valence-electron chi connectivity index (χ1n) is 5.97. The molecule has 18 heavy (non-hydrogen) atoms. The third kappa shape index (κ3) is 1.79. The first-order valence-corrected chi connectivity index (χ1v) is 7.13. The highest BCUT2D eigenvalue weighted by atomic mass is 32.2. The molecule has 2 heterocycles. The second-order valence-electron chi connectivity index (χ2n) is 4.69. The minimum absolute atomic E-state index is 0.0682.